The summed E-state index contributed by atoms with van der Waals surface area (Å²) >= 11 is 5.80. The molecule has 7 heteroatoms. The number of nitrogens with one attached hydrogen (secondary N) is 1. The number of hydrogen-bond donors (Lipinski definition) is 1. The number of esters is 1. The maximum Gasteiger partial charge on any atom is 0.331 e. The summed E-state index contributed by atoms with van der Waals surface area (Å²) in [5.41, 5.74) is 1.20. The molecule has 1 atom stereocenters. The van der Waals surface area contributed by atoms with Gasteiger partial charge in [-0.05, 0) is 43.3 Å². The van der Waals surface area contributed by atoms with Crippen molar-refractivity contribution in [1.29, 1.82) is 0 Å². The van der Waals surface area contributed by atoms with Crippen molar-refractivity contribution >= 4 is 35.2 Å². The van der Waals surface area contributed by atoms with Gasteiger partial charge in [-0.25, -0.2) is 4.79 Å². The fraction of sp³-hybridized carbons (Fsp3) is 0.200. The zero-order valence-electron chi connectivity index (χ0n) is 15.2. The Labute approximate surface area is 162 Å². The molecule has 0 saturated carbocycles. The van der Waals surface area contributed by atoms with Crippen LogP contribution in [0, 0.1) is 0 Å². The molecule has 0 bridgehead atoms. The van der Waals surface area contributed by atoms with Crippen molar-refractivity contribution in [2.24, 2.45) is 0 Å². The van der Waals surface area contributed by atoms with Crippen LogP contribution in [0.25, 0.3) is 6.08 Å². The molecule has 1 amide bonds. The zero-order chi connectivity index (χ0) is 19.8. The molecule has 2 aromatic rings. The molecule has 0 fully saturated rings. The number of ether oxygens (including phenoxy) is 3. The summed E-state index contributed by atoms with van der Waals surface area (Å²) in [5, 5.41) is 3.21. The van der Waals surface area contributed by atoms with Gasteiger partial charge in [-0.1, -0.05) is 23.7 Å². The van der Waals surface area contributed by atoms with Crippen molar-refractivity contribution in [3.05, 3.63) is 59.1 Å². The zero-order valence-corrected chi connectivity index (χ0v) is 15.9. The highest BCUT2D eigenvalue weighted by Gasteiger charge is 2.17. The van der Waals surface area contributed by atoms with Gasteiger partial charge in [-0.15, -0.1) is 0 Å². The molecule has 0 aliphatic carbocycles. The average Bonchev–Trinajstić information content (AvgIpc) is 2.67. The summed E-state index contributed by atoms with van der Waals surface area (Å²) in [6, 6.07) is 11.9. The first-order valence-corrected chi connectivity index (χ1v) is 8.48. The lowest BCUT2D eigenvalue weighted by Crippen LogP contribution is -2.29. The van der Waals surface area contributed by atoms with Gasteiger partial charge in [0, 0.05) is 22.3 Å². The van der Waals surface area contributed by atoms with Gasteiger partial charge in [0.1, 0.15) is 0 Å². The SMILES string of the molecule is COc1cccc(/C=C/C(=O)O[C@@H](C)C(=O)Nc2ccc(Cl)cc2)c1OC. The summed E-state index contributed by atoms with van der Waals surface area (Å²) in [7, 11) is 3.04. The lowest BCUT2D eigenvalue weighted by molar-refractivity contribution is -0.148. The third-order valence-corrected chi connectivity index (χ3v) is 3.86. The number of halogens is 1. The Bertz CT molecular complexity index is 833. The summed E-state index contributed by atoms with van der Waals surface area (Å²) in [5.74, 6) is -0.0574. The number of methoxy groups -OCH3 is 2. The maximum absolute atomic E-state index is 12.1. The van der Waals surface area contributed by atoms with E-state index in [1.807, 2.05) is 0 Å². The maximum atomic E-state index is 12.1. The minimum Gasteiger partial charge on any atom is -0.493 e. The topological polar surface area (TPSA) is 73.9 Å². The molecule has 2 rings (SSSR count). The Balaban J connectivity index is 1.97. The molecule has 142 valence electrons. The number of carbonyl (C=O) groups is 2. The van der Waals surface area contributed by atoms with Gasteiger partial charge in [0.25, 0.3) is 5.91 Å². The Morgan fingerprint density at radius 3 is 2.41 bits per heavy atom. The quantitative estimate of drug-likeness (QED) is 0.573. The minimum absolute atomic E-state index is 0.446. The van der Waals surface area contributed by atoms with Gasteiger partial charge in [-0.3, -0.25) is 4.79 Å². The molecule has 0 aromatic heterocycles. The van der Waals surface area contributed by atoms with Crippen LogP contribution in [0.3, 0.4) is 0 Å². The van der Waals surface area contributed by atoms with E-state index < -0.39 is 18.0 Å². The molecule has 0 aliphatic heterocycles. The predicted molar refractivity (Wildman–Crippen MR) is 104 cm³/mol. The van der Waals surface area contributed by atoms with Crippen molar-refractivity contribution in [2.75, 3.05) is 19.5 Å². The van der Waals surface area contributed by atoms with Crippen LogP contribution in [0.4, 0.5) is 5.69 Å². The van der Waals surface area contributed by atoms with Gasteiger partial charge in [0.05, 0.1) is 14.2 Å². The predicted octanol–water partition coefficient (Wildman–Crippen LogP) is 3.94. The van der Waals surface area contributed by atoms with Crippen molar-refractivity contribution in [1.82, 2.24) is 0 Å². The molecule has 0 saturated heterocycles. The van der Waals surface area contributed by atoms with Crippen LogP contribution >= 0.6 is 11.6 Å². The number of para-hydroxylation sites is 1. The molecule has 0 aliphatic rings. The van der Waals surface area contributed by atoms with E-state index in [0.717, 1.165) is 0 Å². The molecule has 0 radical (unpaired) electrons. The highest BCUT2D eigenvalue weighted by molar-refractivity contribution is 6.30. The van der Waals surface area contributed by atoms with Crippen LogP contribution in [0.2, 0.25) is 5.02 Å². The van der Waals surface area contributed by atoms with Gasteiger partial charge in [0.15, 0.2) is 17.6 Å². The van der Waals surface area contributed by atoms with Gasteiger partial charge in [-0.2, -0.15) is 0 Å². The fourth-order valence-corrected chi connectivity index (χ4v) is 2.37. The van der Waals surface area contributed by atoms with Gasteiger partial charge in [0.2, 0.25) is 0 Å². The summed E-state index contributed by atoms with van der Waals surface area (Å²) in [4.78, 5) is 24.1. The first-order valence-electron chi connectivity index (χ1n) is 8.10. The van der Waals surface area contributed by atoms with Crippen LogP contribution in [-0.2, 0) is 14.3 Å². The van der Waals surface area contributed by atoms with E-state index in [9.17, 15) is 9.59 Å². The Morgan fingerprint density at radius 2 is 1.78 bits per heavy atom. The second-order valence-corrected chi connectivity index (χ2v) is 5.93. The molecular weight excluding hydrogens is 370 g/mol. The van der Waals surface area contributed by atoms with Crippen LogP contribution < -0.4 is 14.8 Å². The third-order valence-electron chi connectivity index (χ3n) is 3.61. The van der Waals surface area contributed by atoms with Crippen LogP contribution in [0.1, 0.15) is 12.5 Å². The Morgan fingerprint density at radius 1 is 1.07 bits per heavy atom. The van der Waals surface area contributed by atoms with Crippen molar-refractivity contribution in [3.8, 4) is 11.5 Å². The molecule has 0 unspecified atom stereocenters. The van der Waals surface area contributed by atoms with Crippen molar-refractivity contribution in [2.45, 2.75) is 13.0 Å². The number of rotatable bonds is 7. The number of hydrogen-bond acceptors (Lipinski definition) is 5. The average molecular weight is 390 g/mol. The molecule has 27 heavy (non-hydrogen) atoms. The number of anilines is 1. The van der Waals surface area contributed by atoms with Crippen molar-refractivity contribution < 1.29 is 23.8 Å². The van der Waals surface area contributed by atoms with E-state index in [2.05, 4.69) is 5.32 Å². The first kappa shape index (κ1) is 20.3. The van der Waals surface area contributed by atoms with E-state index in [1.54, 1.807) is 42.5 Å². The van der Waals surface area contributed by atoms with Gasteiger partial charge < -0.3 is 19.5 Å². The Kier molecular flexibility index (Phi) is 7.25. The lowest BCUT2D eigenvalue weighted by atomic mass is 10.1. The second-order valence-electron chi connectivity index (χ2n) is 5.49. The number of amides is 1. The molecular formula is C20H20ClNO5. The van der Waals surface area contributed by atoms with Crippen LogP contribution in [0.5, 0.6) is 11.5 Å². The van der Waals surface area contributed by atoms with Crippen molar-refractivity contribution in [3.63, 3.8) is 0 Å². The Hall–Kier alpha value is -2.99. The molecule has 0 spiro atoms. The number of carbonyl (C=O) groups excluding carboxylic acids is 2. The summed E-state index contributed by atoms with van der Waals surface area (Å²) in [6.45, 7) is 1.49. The second kappa shape index (κ2) is 9.64. The molecule has 1 N–H and O–H groups in total. The highest BCUT2D eigenvalue weighted by Crippen LogP contribution is 2.31. The highest BCUT2D eigenvalue weighted by atomic mass is 35.5. The fourth-order valence-electron chi connectivity index (χ4n) is 2.25. The third kappa shape index (κ3) is 5.76. The largest absolute Gasteiger partial charge is 0.493 e. The molecule has 2 aromatic carbocycles. The first-order chi connectivity index (χ1) is 12.9. The number of benzene rings is 2. The minimum atomic E-state index is -0.968. The standard InChI is InChI=1S/C20H20ClNO5/c1-13(20(24)22-16-10-8-15(21)9-11-16)27-18(23)12-7-14-5-4-6-17(25-2)19(14)26-3/h4-13H,1-3H3,(H,22,24)/b12-7+/t13-/m0/s1. The summed E-state index contributed by atoms with van der Waals surface area (Å²) in [6.07, 6.45) is 1.79. The lowest BCUT2D eigenvalue weighted by Gasteiger charge is -2.12. The van der Waals surface area contributed by atoms with E-state index >= 15 is 0 Å². The van der Waals surface area contributed by atoms with E-state index in [1.165, 1.54) is 33.3 Å². The smallest absolute Gasteiger partial charge is 0.331 e. The van der Waals surface area contributed by atoms with E-state index in [4.69, 9.17) is 25.8 Å². The molecule has 0 heterocycles. The van der Waals surface area contributed by atoms with Crippen LogP contribution in [-0.4, -0.2) is 32.2 Å². The molecule has 6 nitrogen and oxygen atoms in total. The normalized spacial score (nSPS) is 11.7. The monoisotopic (exact) mass is 389 g/mol. The van der Waals surface area contributed by atoms with E-state index in [0.29, 0.717) is 27.8 Å². The van der Waals surface area contributed by atoms with Crippen LogP contribution in [0.15, 0.2) is 48.5 Å². The summed E-state index contributed by atoms with van der Waals surface area (Å²) < 4.78 is 15.6. The van der Waals surface area contributed by atoms with E-state index in [-0.39, 0.29) is 0 Å². The van der Waals surface area contributed by atoms with Gasteiger partial charge >= 0.3 is 5.97 Å².